The average Bonchev–Trinajstić information content (AvgIpc) is 3.25. The second-order valence-corrected chi connectivity index (χ2v) is 6.70. The Hall–Kier alpha value is -2.44. The Morgan fingerprint density at radius 1 is 0.769 bits per heavy atom. The first-order valence-corrected chi connectivity index (χ1v) is 8.59. The highest BCUT2D eigenvalue weighted by Gasteiger charge is 2.48. The molecular weight excluding hydrogens is 336 g/mol. The van der Waals surface area contributed by atoms with Crippen molar-refractivity contribution in [3.05, 3.63) is 47.5 Å². The molecule has 6 heteroatoms. The zero-order chi connectivity index (χ0) is 18.3. The second kappa shape index (κ2) is 6.70. The van der Waals surface area contributed by atoms with Gasteiger partial charge in [0, 0.05) is 11.8 Å². The van der Waals surface area contributed by atoms with Crippen LogP contribution in [-0.2, 0) is 9.47 Å². The van der Waals surface area contributed by atoms with Gasteiger partial charge in [-0.05, 0) is 35.4 Å². The van der Waals surface area contributed by atoms with Crippen molar-refractivity contribution in [3.63, 3.8) is 0 Å². The molecule has 2 N–H and O–H groups in total. The quantitative estimate of drug-likeness (QED) is 0.874. The zero-order valence-corrected chi connectivity index (χ0v) is 14.7. The van der Waals surface area contributed by atoms with Gasteiger partial charge in [0.1, 0.15) is 0 Å². The number of rotatable bonds is 4. The van der Waals surface area contributed by atoms with Gasteiger partial charge in [0.05, 0.1) is 39.6 Å². The number of ether oxygens (including phenoxy) is 4. The first-order valence-electron chi connectivity index (χ1n) is 8.59. The summed E-state index contributed by atoms with van der Waals surface area (Å²) in [5.74, 6) is 1.54. The SMILES string of the molecule is COc1cc([C@H]2OC[C@@H]3[C@H]2CO[C@@H]3c2ccc(O)c(OC)c2)ccc1O. The fraction of sp³-hybridized carbons (Fsp3) is 0.400. The van der Waals surface area contributed by atoms with Gasteiger partial charge in [-0.25, -0.2) is 0 Å². The van der Waals surface area contributed by atoms with E-state index in [-0.39, 0.29) is 35.5 Å². The number of phenols is 2. The van der Waals surface area contributed by atoms with Gasteiger partial charge in [-0.2, -0.15) is 0 Å². The Kier molecular flexibility index (Phi) is 4.38. The number of benzene rings is 2. The molecule has 2 aliphatic heterocycles. The van der Waals surface area contributed by atoms with E-state index in [0.29, 0.717) is 24.7 Å². The highest BCUT2D eigenvalue weighted by atomic mass is 16.5. The maximum atomic E-state index is 9.80. The largest absolute Gasteiger partial charge is 0.504 e. The van der Waals surface area contributed by atoms with Crippen LogP contribution in [0.5, 0.6) is 23.0 Å². The average molecular weight is 358 g/mol. The molecule has 2 saturated heterocycles. The fourth-order valence-corrected chi connectivity index (χ4v) is 3.98. The molecule has 0 unspecified atom stereocenters. The van der Waals surface area contributed by atoms with E-state index in [1.807, 2.05) is 24.3 Å². The lowest BCUT2D eigenvalue weighted by atomic mass is 9.85. The van der Waals surface area contributed by atoms with Gasteiger partial charge in [-0.3, -0.25) is 0 Å². The van der Waals surface area contributed by atoms with Crippen LogP contribution < -0.4 is 9.47 Å². The lowest BCUT2D eigenvalue weighted by Crippen LogP contribution is -2.14. The molecule has 0 radical (unpaired) electrons. The number of hydrogen-bond acceptors (Lipinski definition) is 6. The van der Waals surface area contributed by atoms with Crippen molar-refractivity contribution in [1.82, 2.24) is 0 Å². The van der Waals surface area contributed by atoms with Crippen molar-refractivity contribution in [2.45, 2.75) is 12.2 Å². The molecule has 2 fully saturated rings. The summed E-state index contributed by atoms with van der Waals surface area (Å²) in [6.07, 6.45) is -0.197. The summed E-state index contributed by atoms with van der Waals surface area (Å²) in [6, 6.07) is 10.6. The Balaban J connectivity index is 1.58. The number of phenolic OH excluding ortho intramolecular Hbond substituents is 2. The number of aromatic hydroxyl groups is 2. The van der Waals surface area contributed by atoms with Crippen LogP contribution in [0.15, 0.2) is 36.4 Å². The highest BCUT2D eigenvalue weighted by molar-refractivity contribution is 5.44. The summed E-state index contributed by atoms with van der Waals surface area (Å²) in [4.78, 5) is 0. The highest BCUT2D eigenvalue weighted by Crippen LogP contribution is 2.51. The van der Waals surface area contributed by atoms with Gasteiger partial charge in [0.2, 0.25) is 0 Å². The molecule has 2 aromatic rings. The molecule has 138 valence electrons. The van der Waals surface area contributed by atoms with E-state index in [1.165, 1.54) is 14.2 Å². The molecule has 2 heterocycles. The van der Waals surface area contributed by atoms with Crippen LogP contribution in [0, 0.1) is 11.8 Å². The maximum Gasteiger partial charge on any atom is 0.160 e. The Labute approximate surface area is 151 Å². The number of methoxy groups -OCH3 is 2. The lowest BCUT2D eigenvalue weighted by Gasteiger charge is -2.18. The molecule has 2 aromatic carbocycles. The molecule has 0 saturated carbocycles. The molecule has 0 aliphatic carbocycles. The van der Waals surface area contributed by atoms with E-state index < -0.39 is 0 Å². The van der Waals surface area contributed by atoms with E-state index in [4.69, 9.17) is 18.9 Å². The first kappa shape index (κ1) is 17.0. The van der Waals surface area contributed by atoms with E-state index in [1.54, 1.807) is 12.1 Å². The smallest absolute Gasteiger partial charge is 0.160 e. The standard InChI is InChI=1S/C20H22O6/c1-23-17-7-11(3-5-15(17)21)19-13-9-26-20(14(13)10-25-19)12-4-6-16(22)18(8-12)24-2/h3-8,13-14,19-22H,9-10H2,1-2H3/t13-,14-,19-,20-/m1/s1. The summed E-state index contributed by atoms with van der Waals surface area (Å²) >= 11 is 0. The van der Waals surface area contributed by atoms with Crippen LogP contribution in [0.25, 0.3) is 0 Å². The van der Waals surface area contributed by atoms with E-state index in [2.05, 4.69) is 0 Å². The summed E-state index contributed by atoms with van der Waals surface area (Å²) in [5.41, 5.74) is 1.94. The number of fused-ring (bicyclic) bond motifs is 1. The third kappa shape index (κ3) is 2.75. The lowest BCUT2D eigenvalue weighted by molar-refractivity contribution is 0.0191. The number of hydrogen-bond donors (Lipinski definition) is 2. The first-order chi connectivity index (χ1) is 12.6. The van der Waals surface area contributed by atoms with Gasteiger partial charge in [0.25, 0.3) is 0 Å². The zero-order valence-electron chi connectivity index (χ0n) is 14.7. The normalized spacial score (nSPS) is 27.3. The molecule has 4 rings (SSSR count). The second-order valence-electron chi connectivity index (χ2n) is 6.70. The van der Waals surface area contributed by atoms with Gasteiger partial charge < -0.3 is 29.2 Å². The molecule has 26 heavy (non-hydrogen) atoms. The fourth-order valence-electron chi connectivity index (χ4n) is 3.98. The Morgan fingerprint density at radius 2 is 1.19 bits per heavy atom. The van der Waals surface area contributed by atoms with Gasteiger partial charge >= 0.3 is 0 Å². The summed E-state index contributed by atoms with van der Waals surface area (Å²) in [7, 11) is 3.06. The van der Waals surface area contributed by atoms with Crippen molar-refractivity contribution in [2.75, 3.05) is 27.4 Å². The minimum atomic E-state index is -0.0986. The van der Waals surface area contributed by atoms with Crippen molar-refractivity contribution < 1.29 is 29.2 Å². The summed E-state index contributed by atoms with van der Waals surface area (Å²) < 4.78 is 22.6. The molecule has 2 aliphatic rings. The molecule has 0 amide bonds. The summed E-state index contributed by atoms with van der Waals surface area (Å²) in [6.45, 7) is 1.18. The molecule has 0 aromatic heterocycles. The van der Waals surface area contributed by atoms with Crippen LogP contribution in [0.3, 0.4) is 0 Å². The van der Waals surface area contributed by atoms with E-state index in [9.17, 15) is 10.2 Å². The van der Waals surface area contributed by atoms with Gasteiger partial charge in [0.15, 0.2) is 23.0 Å². The third-order valence-electron chi connectivity index (χ3n) is 5.33. The van der Waals surface area contributed by atoms with Crippen LogP contribution in [-0.4, -0.2) is 37.6 Å². The topological polar surface area (TPSA) is 77.4 Å². The van der Waals surface area contributed by atoms with Crippen LogP contribution in [0.2, 0.25) is 0 Å². The monoisotopic (exact) mass is 358 g/mol. The van der Waals surface area contributed by atoms with Crippen molar-refractivity contribution >= 4 is 0 Å². The Bertz CT molecular complexity index is 737. The van der Waals surface area contributed by atoms with Crippen LogP contribution >= 0.6 is 0 Å². The Morgan fingerprint density at radius 3 is 1.58 bits per heavy atom. The minimum absolute atomic E-state index is 0.0986. The molecular formula is C20H22O6. The molecule has 6 nitrogen and oxygen atoms in total. The van der Waals surface area contributed by atoms with Crippen molar-refractivity contribution in [3.8, 4) is 23.0 Å². The van der Waals surface area contributed by atoms with Crippen molar-refractivity contribution in [2.24, 2.45) is 11.8 Å². The molecule has 4 atom stereocenters. The summed E-state index contributed by atoms with van der Waals surface area (Å²) in [5, 5.41) is 19.6. The van der Waals surface area contributed by atoms with Gasteiger partial charge in [-0.1, -0.05) is 12.1 Å². The van der Waals surface area contributed by atoms with Crippen LogP contribution in [0.1, 0.15) is 23.3 Å². The molecule has 0 spiro atoms. The van der Waals surface area contributed by atoms with E-state index >= 15 is 0 Å². The maximum absolute atomic E-state index is 9.80. The van der Waals surface area contributed by atoms with Crippen LogP contribution in [0.4, 0.5) is 0 Å². The van der Waals surface area contributed by atoms with E-state index in [0.717, 1.165) is 11.1 Å². The van der Waals surface area contributed by atoms with Gasteiger partial charge in [-0.15, -0.1) is 0 Å². The predicted octanol–water partition coefficient (Wildman–Crippen LogP) is 3.19. The minimum Gasteiger partial charge on any atom is -0.504 e. The third-order valence-corrected chi connectivity index (χ3v) is 5.33. The van der Waals surface area contributed by atoms with Crippen molar-refractivity contribution in [1.29, 1.82) is 0 Å². The molecule has 0 bridgehead atoms. The predicted molar refractivity (Wildman–Crippen MR) is 93.7 cm³/mol.